The maximum atomic E-state index is 13.8. The topological polar surface area (TPSA) is 113 Å². The maximum Gasteiger partial charge on any atom is 0.259 e. The summed E-state index contributed by atoms with van der Waals surface area (Å²) in [5.41, 5.74) is 2.09. The van der Waals surface area contributed by atoms with Gasteiger partial charge < -0.3 is 20.0 Å². The number of anilines is 5. The molecule has 10 rings (SSSR count). The number of piperazine rings is 2. The highest BCUT2D eigenvalue weighted by Gasteiger charge is 2.32. The van der Waals surface area contributed by atoms with E-state index < -0.39 is 0 Å². The Morgan fingerprint density at radius 1 is 0.585 bits per heavy atom. The highest BCUT2D eigenvalue weighted by Crippen LogP contribution is 2.44. The molecule has 0 spiro atoms. The third-order valence-electron chi connectivity index (χ3n) is 13.9. The Hall–Kier alpha value is -3.06. The summed E-state index contributed by atoms with van der Waals surface area (Å²) in [4.78, 5) is 56.3. The Morgan fingerprint density at radius 3 is 1.54 bits per heavy atom. The monoisotopic (exact) mass is 1010 g/mol. The highest BCUT2D eigenvalue weighted by atomic mass is 35.5. The smallest absolute Gasteiger partial charge is 0.259 e. The SMILES string of the molecule is O=C(Nc1nc(-c2cc(Cl)cs2)c(N2CCN(C3CCCCC3)CC2)s1)c1cnc(N2CCC(C(=O)Nc3nc(-c4cc(Cl)cs4)c(N4CCN(C5CCCCC5)CC4)s3)CC2)c(Cl)c1. The lowest BCUT2D eigenvalue weighted by molar-refractivity contribution is -0.120. The minimum atomic E-state index is -0.322. The molecule has 12 nitrogen and oxygen atoms in total. The molecule has 0 unspecified atom stereocenters. The molecule has 2 aliphatic carbocycles. The number of halogens is 3. The van der Waals surface area contributed by atoms with Crippen molar-refractivity contribution in [2.24, 2.45) is 5.92 Å². The van der Waals surface area contributed by atoms with Crippen molar-refractivity contribution in [3.63, 3.8) is 0 Å². The van der Waals surface area contributed by atoms with Crippen LogP contribution in [0.25, 0.3) is 21.1 Å². The van der Waals surface area contributed by atoms with E-state index in [0.717, 1.165) is 83.5 Å². The van der Waals surface area contributed by atoms with Crippen molar-refractivity contribution in [2.75, 3.05) is 90.8 Å². The molecule has 5 fully saturated rings. The lowest BCUT2D eigenvalue weighted by Crippen LogP contribution is -2.50. The number of thiophene rings is 2. The van der Waals surface area contributed by atoms with Crippen LogP contribution in [0.3, 0.4) is 0 Å². The Labute approximate surface area is 412 Å². The van der Waals surface area contributed by atoms with Crippen LogP contribution in [0.15, 0.2) is 35.2 Å². The molecule has 5 aliphatic rings. The molecule has 346 valence electrons. The lowest BCUT2D eigenvalue weighted by Gasteiger charge is -2.41. The van der Waals surface area contributed by atoms with E-state index in [1.54, 1.807) is 46.3 Å². The molecule has 0 bridgehead atoms. The van der Waals surface area contributed by atoms with Gasteiger partial charge in [0.15, 0.2) is 10.3 Å². The van der Waals surface area contributed by atoms with Crippen LogP contribution < -0.4 is 25.3 Å². The Bertz CT molecular complexity index is 2440. The third kappa shape index (κ3) is 10.5. The van der Waals surface area contributed by atoms with Crippen LogP contribution in [0.2, 0.25) is 15.1 Å². The normalized spacial score (nSPS) is 20.1. The summed E-state index contributed by atoms with van der Waals surface area (Å²) in [5.74, 6) is 0.0820. The van der Waals surface area contributed by atoms with E-state index in [4.69, 9.17) is 44.8 Å². The van der Waals surface area contributed by atoms with E-state index in [1.807, 2.05) is 22.9 Å². The summed E-state index contributed by atoms with van der Waals surface area (Å²) in [7, 11) is 0. The molecule has 3 aliphatic heterocycles. The van der Waals surface area contributed by atoms with Gasteiger partial charge in [-0.2, -0.15) is 0 Å². The molecule has 8 heterocycles. The predicted octanol–water partition coefficient (Wildman–Crippen LogP) is 11.4. The number of amides is 2. The molecule has 5 aromatic heterocycles. The van der Waals surface area contributed by atoms with E-state index in [1.165, 1.54) is 75.5 Å². The second-order valence-corrected chi connectivity index (χ2v) is 23.0. The van der Waals surface area contributed by atoms with E-state index in [2.05, 4.69) is 40.1 Å². The van der Waals surface area contributed by atoms with Gasteiger partial charge in [0, 0.05) is 100 Å². The van der Waals surface area contributed by atoms with Crippen LogP contribution in [0.4, 0.5) is 26.1 Å². The Morgan fingerprint density at radius 2 is 1.08 bits per heavy atom. The van der Waals surface area contributed by atoms with Crippen molar-refractivity contribution < 1.29 is 9.59 Å². The average molecular weight is 1010 g/mol. The van der Waals surface area contributed by atoms with Crippen LogP contribution in [-0.2, 0) is 4.79 Å². The first kappa shape index (κ1) is 45.7. The molecular weight excluding hydrogens is 959 g/mol. The molecule has 2 amide bonds. The maximum absolute atomic E-state index is 13.8. The second-order valence-electron chi connectivity index (χ2n) is 18.0. The first-order valence-corrected chi connectivity index (χ1v) is 27.8. The summed E-state index contributed by atoms with van der Waals surface area (Å²) in [6, 6.07) is 6.99. The quantitative estimate of drug-likeness (QED) is 0.133. The van der Waals surface area contributed by atoms with E-state index >= 15 is 0 Å². The van der Waals surface area contributed by atoms with Crippen molar-refractivity contribution in [1.82, 2.24) is 24.8 Å². The molecule has 5 aromatic rings. The van der Waals surface area contributed by atoms with Crippen molar-refractivity contribution >= 4 is 118 Å². The van der Waals surface area contributed by atoms with Crippen molar-refractivity contribution in [3.8, 4) is 21.1 Å². The van der Waals surface area contributed by atoms with Crippen LogP contribution in [-0.4, -0.2) is 114 Å². The van der Waals surface area contributed by atoms with Gasteiger partial charge in [-0.1, -0.05) is 96.0 Å². The van der Waals surface area contributed by atoms with E-state index in [9.17, 15) is 9.59 Å². The molecule has 65 heavy (non-hydrogen) atoms. The minimum absolute atomic E-state index is 0.0220. The van der Waals surface area contributed by atoms with Gasteiger partial charge >= 0.3 is 0 Å². The number of hydrogen-bond acceptors (Lipinski definition) is 14. The molecule has 0 aromatic carbocycles. The van der Waals surface area contributed by atoms with Gasteiger partial charge in [0.05, 0.1) is 30.4 Å². The van der Waals surface area contributed by atoms with Crippen LogP contribution >= 0.6 is 80.1 Å². The number of carbonyl (C=O) groups is 2. The number of rotatable bonds is 11. The molecule has 19 heteroatoms. The number of nitrogens with one attached hydrogen (secondary N) is 2. The van der Waals surface area contributed by atoms with Crippen molar-refractivity contribution in [1.29, 1.82) is 0 Å². The van der Waals surface area contributed by atoms with Crippen molar-refractivity contribution in [3.05, 3.63) is 55.8 Å². The number of hydrogen-bond donors (Lipinski definition) is 2. The standard InChI is InChI=1S/C46H55Cl3N10O2S4/c47-31-24-36(62-27-31)38-43(58-19-15-55(16-20-58)33-7-3-1-4-8-33)64-45(51-38)53-41(60)29-11-13-57(14-12-29)40-35(49)23-30(26-50-40)42(61)54-46-52-39(37-25-32(48)28-63-37)44(65-46)59-21-17-56(18-22-59)34-9-5-2-6-10-34/h23-29,33-34H,1-22H2,(H,51,53,60)(H,52,54,61). The molecule has 2 saturated carbocycles. The van der Waals surface area contributed by atoms with Gasteiger partial charge in [-0.15, -0.1) is 22.7 Å². The largest absolute Gasteiger partial charge is 0.359 e. The molecule has 2 N–H and O–H groups in total. The second kappa shape index (κ2) is 20.7. The fraction of sp³-hybridized carbons (Fsp3) is 0.543. The Kier molecular flexibility index (Phi) is 14.5. The van der Waals surface area contributed by atoms with Gasteiger partial charge in [-0.05, 0) is 56.7 Å². The molecule has 0 atom stereocenters. The number of thiazole rings is 2. The van der Waals surface area contributed by atoms with Crippen LogP contribution in [0.5, 0.6) is 0 Å². The zero-order chi connectivity index (χ0) is 44.4. The van der Waals surface area contributed by atoms with Gasteiger partial charge in [0.25, 0.3) is 5.91 Å². The fourth-order valence-corrected chi connectivity index (χ4v) is 15.0. The van der Waals surface area contributed by atoms with Crippen molar-refractivity contribution in [2.45, 2.75) is 89.1 Å². The Balaban J connectivity index is 0.754. The summed E-state index contributed by atoms with van der Waals surface area (Å²) in [5, 5.41) is 15.1. The lowest BCUT2D eigenvalue weighted by atomic mass is 9.94. The average Bonchev–Trinajstić information content (AvgIpc) is 4.17. The predicted molar refractivity (Wildman–Crippen MR) is 273 cm³/mol. The number of pyridine rings is 1. The number of nitrogens with zero attached hydrogens (tertiary/aromatic N) is 8. The van der Waals surface area contributed by atoms with Crippen LogP contribution in [0.1, 0.15) is 87.4 Å². The third-order valence-corrected chi connectivity index (χ3v) is 18.8. The summed E-state index contributed by atoms with van der Waals surface area (Å²) < 4.78 is 0. The van der Waals surface area contributed by atoms with Gasteiger partial charge in [0.2, 0.25) is 5.91 Å². The van der Waals surface area contributed by atoms with Gasteiger partial charge in [0.1, 0.15) is 27.2 Å². The zero-order valence-electron chi connectivity index (χ0n) is 36.4. The van der Waals surface area contributed by atoms with Gasteiger partial charge in [-0.3, -0.25) is 24.7 Å². The summed E-state index contributed by atoms with van der Waals surface area (Å²) in [6.07, 6.45) is 16.1. The van der Waals surface area contributed by atoms with Gasteiger partial charge in [-0.25, -0.2) is 15.0 Å². The molecule has 3 saturated heterocycles. The first-order chi connectivity index (χ1) is 31.7. The molecular formula is C46H55Cl3N10O2S4. The summed E-state index contributed by atoms with van der Waals surface area (Å²) in [6.45, 7) is 9.06. The fourth-order valence-electron chi connectivity index (χ4n) is 10.3. The minimum Gasteiger partial charge on any atom is -0.359 e. The summed E-state index contributed by atoms with van der Waals surface area (Å²) >= 11 is 25.8. The molecule has 0 radical (unpaired) electrons. The van der Waals surface area contributed by atoms with E-state index in [-0.39, 0.29) is 17.7 Å². The van der Waals surface area contributed by atoms with Crippen LogP contribution in [0, 0.1) is 5.92 Å². The van der Waals surface area contributed by atoms with E-state index in [0.29, 0.717) is 74.7 Å². The number of aromatic nitrogens is 3. The number of piperidine rings is 1. The highest BCUT2D eigenvalue weighted by molar-refractivity contribution is 7.21. The first-order valence-electron chi connectivity index (χ1n) is 23.2. The zero-order valence-corrected chi connectivity index (χ0v) is 41.9. The number of carbonyl (C=O) groups excluding carboxylic acids is 2.